The van der Waals surface area contributed by atoms with Gasteiger partial charge in [0.2, 0.25) is 0 Å². The molecule has 0 bridgehead atoms. The van der Waals surface area contributed by atoms with E-state index in [1.165, 1.54) is 77.7 Å². The van der Waals surface area contributed by atoms with Gasteiger partial charge in [-0.05, 0) is 232 Å². The molecular formula is C80H92BN3. The van der Waals surface area contributed by atoms with Crippen molar-refractivity contribution in [3.8, 4) is 11.1 Å². The Morgan fingerprint density at radius 1 is 0.417 bits per heavy atom. The molecule has 430 valence electrons. The topological polar surface area (TPSA) is 9.72 Å². The molecule has 0 spiro atoms. The Labute approximate surface area is 510 Å². The average molecular weight is 1110 g/mol. The van der Waals surface area contributed by atoms with Crippen LogP contribution in [0.4, 0.5) is 51.2 Å². The lowest BCUT2D eigenvalue weighted by Crippen LogP contribution is -2.61. The fraction of sp³-hybridized carbons (Fsp3) is 0.400. The first-order chi connectivity index (χ1) is 40.3. The standard InChI is InChI=1S/C80H92BN3/c1-48-38-70-72-71(39-48)84(67-45-63-61(40-49(67)2)76(12,13)36-37-77(63,14)15)69-46-64-62(78(16,17)47-79(64,18)19)44-66(69)81(72)65-35-32-56(82(53-27-22-50(23-28-53)73(3,4)5)54-29-24-51(25-30-54)74(6,7)8)43-68(65)83(70)55-31-34-58-57-33-26-52(75(9,10)11)41-59(57)80(20,21)60(58)42-55/h22-35,38-46H,36-37,47H2,1-21H3/i1D3. The Hall–Kier alpha value is -6.78. The van der Waals surface area contributed by atoms with Crippen LogP contribution in [0.3, 0.4) is 0 Å². The Morgan fingerprint density at radius 2 is 0.881 bits per heavy atom. The highest BCUT2D eigenvalue weighted by Gasteiger charge is 2.50. The van der Waals surface area contributed by atoms with E-state index in [0.717, 1.165) is 75.9 Å². The van der Waals surface area contributed by atoms with E-state index in [1.807, 2.05) is 6.07 Å². The van der Waals surface area contributed by atoms with Crippen LogP contribution >= 0.6 is 0 Å². The van der Waals surface area contributed by atoms with Gasteiger partial charge in [0.05, 0.1) is 0 Å². The molecule has 0 saturated heterocycles. The monoisotopic (exact) mass is 1110 g/mol. The van der Waals surface area contributed by atoms with Gasteiger partial charge < -0.3 is 14.7 Å². The molecule has 2 aliphatic heterocycles. The molecule has 0 saturated carbocycles. The maximum absolute atomic E-state index is 9.49. The molecule has 0 fully saturated rings. The van der Waals surface area contributed by atoms with E-state index in [2.05, 4.69) is 287 Å². The van der Waals surface area contributed by atoms with Gasteiger partial charge in [-0.1, -0.05) is 198 Å². The lowest BCUT2D eigenvalue weighted by molar-refractivity contribution is 0.332. The summed E-state index contributed by atoms with van der Waals surface area (Å²) in [6, 6.07) is 53.9. The van der Waals surface area contributed by atoms with Gasteiger partial charge in [0.15, 0.2) is 0 Å². The molecule has 8 aromatic rings. The Morgan fingerprint density at radius 3 is 1.44 bits per heavy atom. The Bertz CT molecular complexity index is 4110. The zero-order valence-corrected chi connectivity index (χ0v) is 54.3. The van der Waals surface area contributed by atoms with Gasteiger partial charge in [0.25, 0.3) is 6.71 Å². The molecule has 0 atom stereocenters. The van der Waals surface area contributed by atoms with Crippen LogP contribution in [0.2, 0.25) is 0 Å². The summed E-state index contributed by atoms with van der Waals surface area (Å²) >= 11 is 0. The van der Waals surface area contributed by atoms with Crippen molar-refractivity contribution in [1.29, 1.82) is 0 Å². The van der Waals surface area contributed by atoms with E-state index in [0.29, 0.717) is 5.56 Å². The number of fused-ring (bicyclic) bond motifs is 9. The van der Waals surface area contributed by atoms with Gasteiger partial charge in [0, 0.05) is 60.7 Å². The molecule has 0 aromatic heterocycles. The molecule has 0 unspecified atom stereocenters. The zero-order chi connectivity index (χ0) is 62.6. The number of hydrogen-bond acceptors (Lipinski definition) is 3. The predicted molar refractivity (Wildman–Crippen MR) is 364 cm³/mol. The summed E-state index contributed by atoms with van der Waals surface area (Å²) in [6.45, 7) is 44.3. The molecule has 8 aromatic carbocycles. The van der Waals surface area contributed by atoms with Crippen molar-refractivity contribution >= 4 is 74.3 Å². The van der Waals surface area contributed by atoms with E-state index >= 15 is 0 Å². The van der Waals surface area contributed by atoms with Crippen LogP contribution in [0.5, 0.6) is 0 Å². The number of aryl methyl sites for hydroxylation is 2. The summed E-state index contributed by atoms with van der Waals surface area (Å²) in [5.41, 5.74) is 28.4. The van der Waals surface area contributed by atoms with Crippen molar-refractivity contribution in [2.45, 2.75) is 208 Å². The number of hydrogen-bond donors (Lipinski definition) is 0. The Kier molecular flexibility index (Phi) is 11.4. The van der Waals surface area contributed by atoms with Crippen LogP contribution in [0, 0.1) is 13.8 Å². The van der Waals surface area contributed by atoms with E-state index in [1.54, 1.807) is 0 Å². The number of benzene rings is 8. The third-order valence-corrected chi connectivity index (χ3v) is 21.0. The highest BCUT2D eigenvalue weighted by atomic mass is 15.2. The maximum atomic E-state index is 9.49. The quantitative estimate of drug-likeness (QED) is 0.159. The fourth-order valence-corrected chi connectivity index (χ4v) is 16.1. The molecule has 13 rings (SSSR count). The highest BCUT2D eigenvalue weighted by molar-refractivity contribution is 7.00. The molecule has 0 radical (unpaired) electrons. The average Bonchev–Trinajstić information content (AvgIpc) is 1.67. The number of anilines is 9. The summed E-state index contributed by atoms with van der Waals surface area (Å²) in [4.78, 5) is 7.40. The first kappa shape index (κ1) is 52.8. The third-order valence-electron chi connectivity index (χ3n) is 21.0. The van der Waals surface area contributed by atoms with Gasteiger partial charge in [-0.2, -0.15) is 0 Å². The number of rotatable bonds is 5. The van der Waals surface area contributed by atoms with Gasteiger partial charge >= 0.3 is 0 Å². The van der Waals surface area contributed by atoms with Gasteiger partial charge in [-0.3, -0.25) is 0 Å². The third kappa shape index (κ3) is 8.62. The van der Waals surface area contributed by atoms with Crippen LogP contribution in [-0.4, -0.2) is 6.71 Å². The van der Waals surface area contributed by atoms with Crippen LogP contribution in [-0.2, 0) is 43.3 Å². The van der Waals surface area contributed by atoms with Crippen molar-refractivity contribution in [2.24, 2.45) is 0 Å². The van der Waals surface area contributed by atoms with Crippen molar-refractivity contribution in [1.82, 2.24) is 0 Å². The van der Waals surface area contributed by atoms with Gasteiger partial charge in [-0.25, -0.2) is 0 Å². The van der Waals surface area contributed by atoms with Crippen molar-refractivity contribution in [3.63, 3.8) is 0 Å². The normalized spacial score (nSPS) is 18.8. The second kappa shape index (κ2) is 18.1. The fourth-order valence-electron chi connectivity index (χ4n) is 16.1. The van der Waals surface area contributed by atoms with E-state index in [9.17, 15) is 4.11 Å². The lowest BCUT2D eigenvalue weighted by atomic mass is 9.33. The van der Waals surface area contributed by atoms with Gasteiger partial charge in [0.1, 0.15) is 0 Å². The zero-order valence-electron chi connectivity index (χ0n) is 57.3. The molecular weight excluding hydrogens is 1010 g/mol. The van der Waals surface area contributed by atoms with E-state index in [4.69, 9.17) is 0 Å². The number of nitrogens with zero attached hydrogens (tertiary/aromatic N) is 3. The minimum Gasteiger partial charge on any atom is -0.311 e. The van der Waals surface area contributed by atoms with Crippen molar-refractivity contribution < 1.29 is 4.11 Å². The summed E-state index contributed by atoms with van der Waals surface area (Å²) < 4.78 is 28.5. The van der Waals surface area contributed by atoms with Crippen LogP contribution in [0.1, 0.15) is 216 Å². The van der Waals surface area contributed by atoms with Crippen LogP contribution in [0.25, 0.3) is 11.1 Å². The highest BCUT2D eigenvalue weighted by Crippen LogP contribution is 2.57. The minimum atomic E-state index is -2.43. The summed E-state index contributed by atoms with van der Waals surface area (Å²) in [7, 11) is 0. The molecule has 0 N–H and O–H groups in total. The Balaban J connectivity index is 1.14. The minimum absolute atomic E-state index is 0.0101. The lowest BCUT2D eigenvalue weighted by Gasteiger charge is -2.47. The second-order valence-electron chi connectivity index (χ2n) is 32.4. The predicted octanol–water partition coefficient (Wildman–Crippen LogP) is 20.4. The maximum Gasteiger partial charge on any atom is 0.252 e. The molecule has 3 aliphatic carbocycles. The first-order valence-electron chi connectivity index (χ1n) is 32.9. The molecule has 2 heterocycles. The molecule has 0 amide bonds. The first-order valence-corrected chi connectivity index (χ1v) is 31.4. The summed E-state index contributed by atoms with van der Waals surface area (Å²) in [5, 5.41) is 0. The SMILES string of the molecule is [2H]C([2H])([2H])c1cc2c3c(c1)N(c1cc4c(cc1C)C(C)(C)CCC4(C)C)c1cc4c(cc1B3c1ccc(N(c3ccc(C(C)(C)C)cc3)c3ccc(C(C)(C)C)cc3)cc1N2c1ccc2c(c1)C(C)(C)c1cc(C(C)(C)C)ccc1-2)C(C)(C)CC4(C)C. The molecule has 4 heteroatoms. The van der Waals surface area contributed by atoms with Gasteiger partial charge in [-0.15, -0.1) is 0 Å². The largest absolute Gasteiger partial charge is 0.311 e. The molecule has 84 heavy (non-hydrogen) atoms. The molecule has 3 nitrogen and oxygen atoms in total. The summed E-state index contributed by atoms with van der Waals surface area (Å²) in [5.74, 6) is 0. The van der Waals surface area contributed by atoms with Crippen LogP contribution < -0.4 is 31.1 Å². The van der Waals surface area contributed by atoms with Crippen LogP contribution in [0.15, 0.2) is 140 Å². The molecule has 5 aliphatic rings. The van der Waals surface area contributed by atoms with Crippen molar-refractivity contribution in [3.05, 3.63) is 201 Å². The van der Waals surface area contributed by atoms with Crippen molar-refractivity contribution in [2.75, 3.05) is 14.7 Å². The van der Waals surface area contributed by atoms with E-state index < -0.39 is 6.85 Å². The van der Waals surface area contributed by atoms with E-state index in [-0.39, 0.29) is 50.0 Å². The summed E-state index contributed by atoms with van der Waals surface area (Å²) in [6.07, 6.45) is 3.24. The second-order valence-corrected chi connectivity index (χ2v) is 32.4. The smallest absolute Gasteiger partial charge is 0.252 e.